The molecule has 0 radical (unpaired) electrons. The minimum atomic E-state index is -1.02. The van der Waals surface area contributed by atoms with Crippen LogP contribution in [-0.2, 0) is 16.0 Å². The molecule has 1 atom stereocenters. The van der Waals surface area contributed by atoms with Gasteiger partial charge in [0, 0.05) is 6.54 Å². The average Bonchev–Trinajstić information content (AvgIpc) is 3.29. The number of aromatic nitrogens is 1. The van der Waals surface area contributed by atoms with Crippen molar-refractivity contribution in [3.05, 3.63) is 46.4 Å². The first-order valence-electron chi connectivity index (χ1n) is 9.99. The molecule has 8 heteroatoms. The van der Waals surface area contributed by atoms with Crippen LogP contribution >= 0.6 is 11.3 Å². The maximum absolute atomic E-state index is 13.1. The Morgan fingerprint density at radius 2 is 2.14 bits per heavy atom. The zero-order valence-corrected chi connectivity index (χ0v) is 17.1. The second-order valence-electron chi connectivity index (χ2n) is 7.35. The normalized spacial score (nSPS) is 23.3. The molecule has 2 aliphatic rings. The second-order valence-corrected chi connectivity index (χ2v) is 8.24. The smallest absolute Gasteiger partial charge is 0.265 e. The summed E-state index contributed by atoms with van der Waals surface area (Å²) in [5, 5.41) is 2.95. The van der Waals surface area contributed by atoms with E-state index in [1.807, 2.05) is 18.2 Å². The van der Waals surface area contributed by atoms with Gasteiger partial charge in [0.25, 0.3) is 11.8 Å². The van der Waals surface area contributed by atoms with E-state index in [1.165, 1.54) is 16.9 Å². The number of para-hydroxylation sites is 1. The number of fused-ring (bicyclic) bond motifs is 1. The molecule has 1 aromatic heterocycles. The van der Waals surface area contributed by atoms with E-state index in [4.69, 9.17) is 9.47 Å². The van der Waals surface area contributed by atoms with Gasteiger partial charge >= 0.3 is 0 Å². The van der Waals surface area contributed by atoms with Crippen molar-refractivity contribution in [2.45, 2.75) is 31.3 Å². The molecular weight excluding hydrogens is 390 g/mol. The second kappa shape index (κ2) is 8.92. The first-order valence-corrected chi connectivity index (χ1v) is 10.9. The van der Waals surface area contributed by atoms with E-state index in [9.17, 15) is 9.59 Å². The van der Waals surface area contributed by atoms with Crippen molar-refractivity contribution in [3.8, 4) is 5.75 Å². The molecule has 3 heterocycles. The average molecular weight is 416 g/mol. The fourth-order valence-electron chi connectivity index (χ4n) is 3.90. The van der Waals surface area contributed by atoms with Crippen LogP contribution in [0.1, 0.15) is 34.5 Å². The Morgan fingerprint density at radius 1 is 1.24 bits per heavy atom. The van der Waals surface area contributed by atoms with Crippen molar-refractivity contribution in [3.63, 3.8) is 0 Å². The maximum Gasteiger partial charge on any atom is 0.265 e. The van der Waals surface area contributed by atoms with Crippen LogP contribution in [-0.4, -0.2) is 60.1 Å². The Kier molecular flexibility index (Phi) is 6.10. The number of hydrogen-bond acceptors (Lipinski definition) is 6. The third kappa shape index (κ3) is 4.43. The molecule has 1 unspecified atom stereocenters. The molecule has 2 aromatic rings. The van der Waals surface area contributed by atoms with Crippen molar-refractivity contribution in [2.24, 2.45) is 0 Å². The summed E-state index contributed by atoms with van der Waals surface area (Å²) in [6.45, 7) is 1.86. The molecule has 0 bridgehead atoms. The first kappa shape index (κ1) is 19.8. The van der Waals surface area contributed by atoms with Gasteiger partial charge in [0.05, 0.1) is 31.4 Å². The van der Waals surface area contributed by atoms with E-state index in [2.05, 4.69) is 16.4 Å². The van der Waals surface area contributed by atoms with Gasteiger partial charge in [-0.2, -0.15) is 0 Å². The summed E-state index contributed by atoms with van der Waals surface area (Å²) in [6, 6.07) is 8.03. The van der Waals surface area contributed by atoms with Crippen molar-refractivity contribution < 1.29 is 19.1 Å². The van der Waals surface area contributed by atoms with Crippen LogP contribution in [0.4, 0.5) is 0 Å². The van der Waals surface area contributed by atoms with Gasteiger partial charge in [0.2, 0.25) is 0 Å². The summed E-state index contributed by atoms with van der Waals surface area (Å²) >= 11 is 1.31. The quantitative estimate of drug-likeness (QED) is 0.773. The number of hydrogen-bond donors (Lipinski definition) is 1. The molecule has 4 rings (SSSR count). The van der Waals surface area contributed by atoms with Gasteiger partial charge in [0.15, 0.2) is 5.60 Å². The van der Waals surface area contributed by atoms with Gasteiger partial charge in [-0.15, -0.1) is 11.3 Å². The Labute approximate surface area is 174 Å². The molecule has 29 heavy (non-hydrogen) atoms. The van der Waals surface area contributed by atoms with Gasteiger partial charge in [-0.1, -0.05) is 18.2 Å². The van der Waals surface area contributed by atoms with Crippen LogP contribution < -0.4 is 10.1 Å². The summed E-state index contributed by atoms with van der Waals surface area (Å²) in [5.74, 6) is 0.621. The highest BCUT2D eigenvalue weighted by atomic mass is 32.1. The fourth-order valence-corrected chi connectivity index (χ4v) is 4.49. The van der Waals surface area contributed by atoms with Gasteiger partial charge in [-0.05, 0) is 37.3 Å². The van der Waals surface area contributed by atoms with Crippen LogP contribution in [0, 0.1) is 0 Å². The third-order valence-corrected chi connectivity index (χ3v) is 6.19. The Hall–Kier alpha value is -2.45. The Bertz CT molecular complexity index is 857. The number of carbonyl (C=O) groups is 2. The molecule has 1 N–H and O–H groups in total. The summed E-state index contributed by atoms with van der Waals surface area (Å²) in [5.41, 5.74) is 1.81. The lowest BCUT2D eigenvalue weighted by molar-refractivity contribution is -0.159. The van der Waals surface area contributed by atoms with Crippen LogP contribution in [0.3, 0.4) is 0 Å². The Morgan fingerprint density at radius 3 is 3.00 bits per heavy atom. The highest BCUT2D eigenvalue weighted by molar-refractivity contribution is 7.11. The SMILES string of the molecule is O=C(c1cncs1)N1CCOC2(CCCCc3ccccc3OCCNC2=O)C1. The molecule has 2 amide bonds. The minimum Gasteiger partial charge on any atom is -0.491 e. The molecule has 7 nitrogen and oxygen atoms in total. The predicted octanol–water partition coefficient (Wildman–Crippen LogP) is 2.28. The monoisotopic (exact) mass is 415 g/mol. The highest BCUT2D eigenvalue weighted by Crippen LogP contribution is 2.28. The number of aryl methyl sites for hydroxylation is 1. The zero-order chi connectivity index (χ0) is 20.1. The molecule has 1 saturated heterocycles. The lowest BCUT2D eigenvalue weighted by atomic mass is 9.91. The number of thiazole rings is 1. The lowest BCUT2D eigenvalue weighted by Crippen LogP contribution is -2.61. The first-order chi connectivity index (χ1) is 14.2. The van der Waals surface area contributed by atoms with Crippen molar-refractivity contribution >= 4 is 23.2 Å². The molecule has 1 aromatic carbocycles. The number of nitrogens with zero attached hydrogens (tertiary/aromatic N) is 2. The number of ether oxygens (including phenoxy) is 2. The number of nitrogens with one attached hydrogen (secondary N) is 1. The van der Waals surface area contributed by atoms with E-state index in [0.717, 1.165) is 25.0 Å². The van der Waals surface area contributed by atoms with Crippen LogP contribution in [0.25, 0.3) is 0 Å². The van der Waals surface area contributed by atoms with E-state index in [0.29, 0.717) is 37.6 Å². The summed E-state index contributed by atoms with van der Waals surface area (Å²) in [7, 11) is 0. The lowest BCUT2D eigenvalue weighted by Gasteiger charge is -2.41. The van der Waals surface area contributed by atoms with E-state index < -0.39 is 5.60 Å². The summed E-state index contributed by atoms with van der Waals surface area (Å²) in [6.07, 6.45) is 4.78. The molecular formula is C21H25N3O4S. The minimum absolute atomic E-state index is 0.0913. The number of amides is 2. The molecule has 2 aliphatic heterocycles. The summed E-state index contributed by atoms with van der Waals surface area (Å²) < 4.78 is 11.9. The molecule has 1 spiro atoms. The van der Waals surface area contributed by atoms with E-state index in [1.54, 1.807) is 16.6 Å². The van der Waals surface area contributed by atoms with E-state index >= 15 is 0 Å². The van der Waals surface area contributed by atoms with Crippen LogP contribution in [0.15, 0.2) is 36.0 Å². The topological polar surface area (TPSA) is 80.8 Å². The largest absolute Gasteiger partial charge is 0.491 e. The number of morpholine rings is 1. The van der Waals surface area contributed by atoms with Gasteiger partial charge < -0.3 is 19.7 Å². The maximum atomic E-state index is 13.1. The Balaban J connectivity index is 1.49. The fraction of sp³-hybridized carbons (Fsp3) is 0.476. The zero-order valence-electron chi connectivity index (χ0n) is 16.3. The number of benzene rings is 1. The van der Waals surface area contributed by atoms with Crippen molar-refractivity contribution in [1.82, 2.24) is 15.2 Å². The standard InChI is InChI=1S/C21H25N3O4S/c25-19(18-13-22-15-29-18)24-10-12-28-21(14-24)8-4-3-6-16-5-1-2-7-17(16)27-11-9-23-20(21)26/h1-2,5,7,13,15H,3-4,6,8-12,14H2,(H,23,26). The van der Waals surface area contributed by atoms with Crippen LogP contribution in [0.2, 0.25) is 0 Å². The van der Waals surface area contributed by atoms with Crippen molar-refractivity contribution in [1.29, 1.82) is 0 Å². The number of rotatable bonds is 1. The van der Waals surface area contributed by atoms with Crippen LogP contribution in [0.5, 0.6) is 5.75 Å². The highest BCUT2D eigenvalue weighted by Gasteiger charge is 2.44. The summed E-state index contributed by atoms with van der Waals surface area (Å²) in [4.78, 5) is 32.2. The molecule has 1 fully saturated rings. The third-order valence-electron chi connectivity index (χ3n) is 5.42. The molecule has 0 saturated carbocycles. The predicted molar refractivity (Wildman–Crippen MR) is 109 cm³/mol. The van der Waals surface area contributed by atoms with Gasteiger partial charge in [-0.25, -0.2) is 0 Å². The molecule has 154 valence electrons. The molecule has 0 aliphatic carbocycles. The van der Waals surface area contributed by atoms with Crippen molar-refractivity contribution in [2.75, 3.05) is 32.8 Å². The van der Waals surface area contributed by atoms with Gasteiger partial charge in [-0.3, -0.25) is 14.6 Å². The van der Waals surface area contributed by atoms with Gasteiger partial charge in [0.1, 0.15) is 17.2 Å². The van der Waals surface area contributed by atoms with E-state index in [-0.39, 0.29) is 18.4 Å². The number of carbonyl (C=O) groups excluding carboxylic acids is 2.